The summed E-state index contributed by atoms with van der Waals surface area (Å²) in [5.41, 5.74) is 10.3. The summed E-state index contributed by atoms with van der Waals surface area (Å²) in [6.07, 6.45) is 3.74. The second-order valence-electron chi connectivity index (χ2n) is 21.7. The van der Waals surface area contributed by atoms with Gasteiger partial charge in [0.25, 0.3) is 11.8 Å². The number of rotatable bonds is 9. The number of benzene rings is 2. The van der Waals surface area contributed by atoms with Gasteiger partial charge in [-0.3, -0.25) is 34.0 Å². The number of carbonyl (C=O) groups excluding carboxylic acids is 5. The number of amides is 4. The third-order valence-corrected chi connectivity index (χ3v) is 14.8. The number of aromatic nitrogens is 2. The second-order valence-corrected chi connectivity index (χ2v) is 21.7. The van der Waals surface area contributed by atoms with Crippen LogP contribution in [-0.4, -0.2) is 138 Å². The molecule has 6 bridgehead atoms. The Morgan fingerprint density at radius 2 is 1.77 bits per heavy atom. The van der Waals surface area contributed by atoms with E-state index in [0.29, 0.717) is 45.3 Å². The number of pyridine rings is 1. The number of hydrogen-bond acceptors (Lipinski definition) is 10. The van der Waals surface area contributed by atoms with Gasteiger partial charge in [-0.25, -0.2) is 5.43 Å². The predicted molar refractivity (Wildman–Crippen MR) is 273 cm³/mol. The number of likely N-dealkylation sites (N-methyl/N-ethyl adjacent to an activating group) is 1. The van der Waals surface area contributed by atoms with E-state index in [1.165, 1.54) is 9.91 Å². The molecule has 15 heteroatoms. The molecule has 0 spiro atoms. The fourth-order valence-corrected chi connectivity index (χ4v) is 11.2. The smallest absolute Gasteiger partial charge is 0.324 e. The average molecular weight is 969 g/mol. The third-order valence-electron chi connectivity index (χ3n) is 14.8. The first-order valence-corrected chi connectivity index (χ1v) is 25.3. The zero-order chi connectivity index (χ0) is 50.9. The number of nitrogens with one attached hydrogen (secondary N) is 2. The number of aryl methyl sites for hydroxylation is 1. The lowest BCUT2D eigenvalue weighted by Gasteiger charge is -2.42. The zero-order valence-corrected chi connectivity index (χ0v) is 43.3. The van der Waals surface area contributed by atoms with Gasteiger partial charge < -0.3 is 34.1 Å². The number of nitrogens with zero attached hydrogens (tertiary/aromatic N) is 6. The summed E-state index contributed by atoms with van der Waals surface area (Å²) in [6, 6.07) is 15.9. The highest BCUT2D eigenvalue weighted by Gasteiger charge is 2.41. The van der Waals surface area contributed by atoms with Crippen LogP contribution in [0, 0.1) is 34.5 Å². The van der Waals surface area contributed by atoms with E-state index < -0.39 is 47.2 Å². The van der Waals surface area contributed by atoms with Crippen LogP contribution < -0.4 is 10.7 Å². The van der Waals surface area contributed by atoms with Crippen molar-refractivity contribution in [3.63, 3.8) is 0 Å². The highest BCUT2D eigenvalue weighted by atomic mass is 16.5. The van der Waals surface area contributed by atoms with Crippen molar-refractivity contribution in [2.24, 2.45) is 22.7 Å². The highest BCUT2D eigenvalue weighted by Crippen LogP contribution is 2.42. The first-order valence-electron chi connectivity index (χ1n) is 25.3. The van der Waals surface area contributed by atoms with E-state index in [1.807, 2.05) is 52.9 Å². The van der Waals surface area contributed by atoms with Crippen LogP contribution in [0.1, 0.15) is 90.7 Å². The third kappa shape index (κ3) is 10.9. The van der Waals surface area contributed by atoms with Crippen LogP contribution in [0.25, 0.3) is 33.3 Å². The number of likely N-dealkylation sites (tertiary alicyclic amines) is 2. The number of hydrazine groups is 1. The van der Waals surface area contributed by atoms with Crippen LogP contribution >= 0.6 is 0 Å². The lowest BCUT2D eigenvalue weighted by Crippen LogP contribution is -2.62. The Balaban J connectivity index is 1.12. The van der Waals surface area contributed by atoms with E-state index in [-0.39, 0.29) is 48.8 Å². The number of methoxy groups -OCH3 is 1. The molecule has 4 aromatic rings. The van der Waals surface area contributed by atoms with Crippen molar-refractivity contribution in [3.8, 4) is 34.2 Å². The van der Waals surface area contributed by atoms with Crippen molar-refractivity contribution in [3.05, 3.63) is 77.6 Å². The summed E-state index contributed by atoms with van der Waals surface area (Å²) < 4.78 is 14.3. The molecule has 0 radical (unpaired) electrons. The van der Waals surface area contributed by atoms with Gasteiger partial charge >= 0.3 is 5.97 Å². The van der Waals surface area contributed by atoms with Crippen molar-refractivity contribution < 1.29 is 33.4 Å². The lowest BCUT2D eigenvalue weighted by atomic mass is 9.83. The van der Waals surface area contributed by atoms with Crippen LogP contribution in [0.2, 0.25) is 0 Å². The maximum absolute atomic E-state index is 14.8. The molecule has 15 nitrogen and oxygen atoms in total. The number of hydrogen-bond donors (Lipinski definition) is 2. The molecule has 3 saturated heterocycles. The van der Waals surface area contributed by atoms with Gasteiger partial charge in [-0.1, -0.05) is 63.9 Å². The standard InChI is InChI=1S/C56H72N8O7/c1-11-63-46-20-19-39-29-42(46)43(50(63)41-17-13-24-57-48(41)36(4)70-10)30-55(5,6)34-71-54(69)44-18-14-25-64(59-44)53(68)45(28-37-15-12-16-38(39)27-37)58-51(66)49(35(2)3)61(9)52(67)40-22-26-62(31-40)47(65)21-23-56(7)32-60(8)33-56/h12-13,15-17,19-20,24,27,29,35-36,40,44-45,49,59H,11,14,18,22,25-26,28,30-34H2,1-10H3,(H,58,66)/t36-,40?,44-,45-,49-/m0/s1. The maximum Gasteiger partial charge on any atom is 0.324 e. The average Bonchev–Trinajstić information content (AvgIpc) is 3.96. The van der Waals surface area contributed by atoms with Gasteiger partial charge in [0.1, 0.15) is 18.1 Å². The summed E-state index contributed by atoms with van der Waals surface area (Å²) in [6.45, 7) is 17.5. The van der Waals surface area contributed by atoms with Gasteiger partial charge in [0.05, 0.1) is 35.4 Å². The van der Waals surface area contributed by atoms with Crippen molar-refractivity contribution >= 4 is 40.5 Å². The van der Waals surface area contributed by atoms with E-state index in [9.17, 15) is 24.0 Å². The number of esters is 1. The van der Waals surface area contributed by atoms with E-state index >= 15 is 0 Å². The van der Waals surface area contributed by atoms with Gasteiger partial charge in [-0.15, -0.1) is 0 Å². The first-order chi connectivity index (χ1) is 33.8. The molecule has 2 N–H and O–H groups in total. The molecule has 0 aliphatic carbocycles. The molecule has 0 saturated carbocycles. The van der Waals surface area contributed by atoms with Crippen LogP contribution in [0.4, 0.5) is 0 Å². The first kappa shape index (κ1) is 51.3. The molecule has 4 aliphatic rings. The molecule has 71 heavy (non-hydrogen) atoms. The van der Waals surface area contributed by atoms with Crippen molar-refractivity contribution in [1.82, 2.24) is 40.0 Å². The summed E-state index contributed by atoms with van der Waals surface area (Å²) in [4.78, 5) is 80.9. The molecule has 2 aromatic heterocycles. The van der Waals surface area contributed by atoms with Crippen LogP contribution in [-0.2, 0) is 52.8 Å². The number of ether oxygens (including phenoxy) is 2. The molecule has 3 fully saturated rings. The Morgan fingerprint density at radius 3 is 2.49 bits per heavy atom. The Kier molecular flexibility index (Phi) is 15.1. The van der Waals surface area contributed by atoms with Gasteiger partial charge in [0.2, 0.25) is 11.8 Å². The van der Waals surface area contributed by atoms with Crippen LogP contribution in [0.3, 0.4) is 0 Å². The predicted octanol–water partition coefficient (Wildman–Crippen LogP) is 6.03. The summed E-state index contributed by atoms with van der Waals surface area (Å²) in [5, 5.41) is 5.61. The van der Waals surface area contributed by atoms with E-state index in [1.54, 1.807) is 25.3 Å². The number of carbonyl (C=O) groups is 5. The van der Waals surface area contributed by atoms with Gasteiger partial charge in [0.15, 0.2) is 0 Å². The summed E-state index contributed by atoms with van der Waals surface area (Å²) in [5.74, 6) is 3.29. The quantitative estimate of drug-likeness (QED) is 0.150. The SMILES string of the molecule is CCn1c(-c2cccnc2[C@H](C)OC)c2c3cc(ccc31)-c1cccc(c1)C[C@H](NC(=O)[C@H](C(C)C)N(C)C(=O)C1CCN(C(=O)C#CC3(C)CN(C)C3)C1)C(=O)N1CCC[C@H](N1)C(=O)OCC(C)(C)C2. The van der Waals surface area contributed by atoms with Crippen LogP contribution in [0.5, 0.6) is 0 Å². The Hall–Kier alpha value is -6.08. The molecule has 378 valence electrons. The summed E-state index contributed by atoms with van der Waals surface area (Å²) >= 11 is 0. The van der Waals surface area contributed by atoms with E-state index in [2.05, 4.69) is 89.2 Å². The Morgan fingerprint density at radius 1 is 1.01 bits per heavy atom. The van der Waals surface area contributed by atoms with Gasteiger partial charge in [0, 0.05) is 87.9 Å². The van der Waals surface area contributed by atoms with Gasteiger partial charge in [-0.05, 0) is 112 Å². The normalized spacial score (nSPS) is 22.2. The molecule has 5 atom stereocenters. The van der Waals surface area contributed by atoms with Crippen molar-refractivity contribution in [2.45, 2.75) is 111 Å². The van der Waals surface area contributed by atoms with Gasteiger partial charge in [-0.2, -0.15) is 0 Å². The zero-order valence-electron chi connectivity index (χ0n) is 43.3. The van der Waals surface area contributed by atoms with Crippen molar-refractivity contribution in [2.75, 3.05) is 60.5 Å². The molecule has 6 heterocycles. The fourth-order valence-electron chi connectivity index (χ4n) is 11.2. The highest BCUT2D eigenvalue weighted by molar-refractivity contribution is 5.97. The molecule has 8 rings (SSSR count). The number of fused-ring (bicyclic) bond motifs is 6. The Labute approximate surface area is 418 Å². The molecule has 1 unspecified atom stereocenters. The summed E-state index contributed by atoms with van der Waals surface area (Å²) in [7, 11) is 5.33. The van der Waals surface area contributed by atoms with E-state index in [0.717, 1.165) is 63.2 Å². The molecular weight excluding hydrogens is 897 g/mol. The molecule has 2 aromatic carbocycles. The monoisotopic (exact) mass is 969 g/mol. The molecule has 4 amide bonds. The maximum atomic E-state index is 14.8. The topological polar surface area (TPSA) is 159 Å². The fraction of sp³-hybridized carbons (Fsp3) is 0.536. The minimum Gasteiger partial charge on any atom is -0.464 e. The largest absolute Gasteiger partial charge is 0.464 e. The molecule has 4 aliphatic heterocycles. The minimum absolute atomic E-state index is 0.134. The number of cyclic esters (lactones) is 1. The Bertz CT molecular complexity index is 2750. The van der Waals surface area contributed by atoms with E-state index in [4.69, 9.17) is 14.5 Å². The van der Waals surface area contributed by atoms with Crippen LogP contribution in [0.15, 0.2) is 60.8 Å². The van der Waals surface area contributed by atoms with Crippen molar-refractivity contribution in [1.29, 1.82) is 0 Å². The lowest BCUT2D eigenvalue weighted by molar-refractivity contribution is -0.155. The minimum atomic E-state index is -1.06. The second kappa shape index (κ2) is 20.9. The molecular formula is C56H72N8O7.